The second kappa shape index (κ2) is 4.71. The fourth-order valence-electron chi connectivity index (χ4n) is 2.29. The van der Waals surface area contributed by atoms with Gasteiger partial charge >= 0.3 is 0 Å². The molecule has 0 bridgehead atoms. The van der Waals surface area contributed by atoms with Crippen LogP contribution in [0.1, 0.15) is 43.9 Å². The third-order valence-corrected chi connectivity index (χ3v) is 3.16. The molecule has 1 aliphatic rings. The van der Waals surface area contributed by atoms with Crippen LogP contribution in [0.25, 0.3) is 0 Å². The lowest BCUT2D eigenvalue weighted by atomic mass is 9.84. The molecule has 1 heterocycles. The molecule has 3 heteroatoms. The number of pyridine rings is 1. The molecular formula is C12H16FNO. The first-order valence-electron chi connectivity index (χ1n) is 5.57. The summed E-state index contributed by atoms with van der Waals surface area (Å²) in [5.41, 5.74) is 0.212. The van der Waals surface area contributed by atoms with Gasteiger partial charge in [0.1, 0.15) is 17.6 Å². The predicted molar refractivity (Wildman–Crippen MR) is 55.7 cm³/mol. The number of aliphatic hydroxyl groups excluding tert-OH is 1. The number of aromatic nitrogens is 1. The molecule has 1 aromatic rings. The molecule has 15 heavy (non-hydrogen) atoms. The summed E-state index contributed by atoms with van der Waals surface area (Å²) < 4.78 is 13.4. The highest BCUT2D eigenvalue weighted by molar-refractivity contribution is 5.10. The Morgan fingerprint density at radius 1 is 1.33 bits per heavy atom. The number of aliphatic hydroxyl groups is 1. The van der Waals surface area contributed by atoms with Gasteiger partial charge in [0.2, 0.25) is 0 Å². The lowest BCUT2D eigenvalue weighted by molar-refractivity contribution is 0.0776. The minimum absolute atomic E-state index is 0.183. The van der Waals surface area contributed by atoms with Crippen molar-refractivity contribution in [2.75, 3.05) is 0 Å². The number of hydrogen-bond donors (Lipinski definition) is 1. The summed E-state index contributed by atoms with van der Waals surface area (Å²) in [7, 11) is 0. The molecule has 1 saturated carbocycles. The highest BCUT2D eigenvalue weighted by Crippen LogP contribution is 2.34. The number of halogens is 1. The summed E-state index contributed by atoms with van der Waals surface area (Å²) in [6.45, 7) is 0. The Morgan fingerprint density at radius 3 is 2.73 bits per heavy atom. The van der Waals surface area contributed by atoms with E-state index in [0.29, 0.717) is 0 Å². The van der Waals surface area contributed by atoms with Crippen molar-refractivity contribution < 1.29 is 9.50 Å². The summed E-state index contributed by atoms with van der Waals surface area (Å²) in [6.07, 6.45) is 6.27. The summed E-state index contributed by atoms with van der Waals surface area (Å²) in [5, 5.41) is 10.0. The van der Waals surface area contributed by atoms with Gasteiger partial charge in [0.25, 0.3) is 0 Å². The second-order valence-corrected chi connectivity index (χ2v) is 4.21. The maximum absolute atomic E-state index is 13.4. The van der Waals surface area contributed by atoms with Crippen molar-refractivity contribution in [3.8, 4) is 0 Å². The Balaban J connectivity index is 2.12. The summed E-state index contributed by atoms with van der Waals surface area (Å²) in [6, 6.07) is 2.90. The van der Waals surface area contributed by atoms with Crippen molar-refractivity contribution in [3.63, 3.8) is 0 Å². The quantitative estimate of drug-likeness (QED) is 0.812. The molecule has 1 aromatic heterocycles. The van der Waals surface area contributed by atoms with Gasteiger partial charge in [-0.05, 0) is 30.9 Å². The first-order chi connectivity index (χ1) is 7.29. The van der Waals surface area contributed by atoms with E-state index in [0.717, 1.165) is 25.7 Å². The zero-order chi connectivity index (χ0) is 10.7. The molecule has 0 radical (unpaired) electrons. The SMILES string of the molecule is OC(c1ncccc1F)C1CCCCC1. The number of nitrogens with zero attached hydrogens (tertiary/aromatic N) is 1. The molecule has 0 aromatic carbocycles. The summed E-state index contributed by atoms with van der Waals surface area (Å²) >= 11 is 0. The molecule has 0 aliphatic heterocycles. The van der Waals surface area contributed by atoms with Crippen LogP contribution >= 0.6 is 0 Å². The van der Waals surface area contributed by atoms with Crippen molar-refractivity contribution in [1.82, 2.24) is 4.98 Å². The van der Waals surface area contributed by atoms with Crippen LogP contribution in [0, 0.1) is 11.7 Å². The van der Waals surface area contributed by atoms with Crippen molar-refractivity contribution in [2.45, 2.75) is 38.2 Å². The third-order valence-electron chi connectivity index (χ3n) is 3.16. The van der Waals surface area contributed by atoms with Gasteiger partial charge in [0, 0.05) is 6.20 Å². The van der Waals surface area contributed by atoms with Gasteiger partial charge in [-0.15, -0.1) is 0 Å². The molecule has 0 amide bonds. The predicted octanol–water partition coefficient (Wildman–Crippen LogP) is 2.83. The smallest absolute Gasteiger partial charge is 0.147 e. The van der Waals surface area contributed by atoms with Crippen molar-refractivity contribution >= 4 is 0 Å². The van der Waals surface area contributed by atoms with Crippen LogP contribution in [-0.4, -0.2) is 10.1 Å². The maximum Gasteiger partial charge on any atom is 0.147 e. The molecule has 1 unspecified atom stereocenters. The van der Waals surface area contributed by atoms with Crippen molar-refractivity contribution in [1.29, 1.82) is 0 Å². The molecule has 2 rings (SSSR count). The molecule has 1 atom stereocenters. The Bertz CT molecular complexity index is 323. The van der Waals surface area contributed by atoms with Crippen molar-refractivity contribution in [3.05, 3.63) is 29.8 Å². The van der Waals surface area contributed by atoms with Gasteiger partial charge in [-0.1, -0.05) is 19.3 Å². The van der Waals surface area contributed by atoms with E-state index in [1.54, 1.807) is 6.07 Å². The molecule has 1 fully saturated rings. The largest absolute Gasteiger partial charge is 0.386 e. The van der Waals surface area contributed by atoms with Gasteiger partial charge in [-0.3, -0.25) is 4.98 Å². The van der Waals surface area contributed by atoms with E-state index in [1.165, 1.54) is 18.7 Å². The van der Waals surface area contributed by atoms with Gasteiger partial charge in [-0.2, -0.15) is 0 Å². The fraction of sp³-hybridized carbons (Fsp3) is 0.583. The van der Waals surface area contributed by atoms with Crippen molar-refractivity contribution in [2.24, 2.45) is 5.92 Å². The number of rotatable bonds is 2. The van der Waals surface area contributed by atoms with E-state index in [4.69, 9.17) is 0 Å². The first kappa shape index (κ1) is 10.6. The van der Waals surface area contributed by atoms with E-state index in [2.05, 4.69) is 4.98 Å². The monoisotopic (exact) mass is 209 g/mol. The van der Waals surface area contributed by atoms with Gasteiger partial charge in [0.05, 0.1) is 0 Å². The van der Waals surface area contributed by atoms with Crippen LogP contribution < -0.4 is 0 Å². The highest BCUT2D eigenvalue weighted by atomic mass is 19.1. The fourth-order valence-corrected chi connectivity index (χ4v) is 2.29. The zero-order valence-electron chi connectivity index (χ0n) is 8.69. The normalized spacial score (nSPS) is 20.1. The topological polar surface area (TPSA) is 33.1 Å². The lowest BCUT2D eigenvalue weighted by Crippen LogP contribution is -2.18. The van der Waals surface area contributed by atoms with Gasteiger partial charge < -0.3 is 5.11 Å². The lowest BCUT2D eigenvalue weighted by Gasteiger charge is -2.26. The Kier molecular flexibility index (Phi) is 3.31. The second-order valence-electron chi connectivity index (χ2n) is 4.21. The summed E-state index contributed by atoms with van der Waals surface area (Å²) in [5.74, 6) is -0.210. The van der Waals surface area contributed by atoms with Crippen LogP contribution in [-0.2, 0) is 0 Å². The van der Waals surface area contributed by atoms with E-state index in [1.807, 2.05) is 0 Å². The van der Waals surface area contributed by atoms with Crippen LogP contribution in [0.5, 0.6) is 0 Å². The standard InChI is InChI=1S/C12H16FNO/c13-10-7-4-8-14-11(10)12(15)9-5-2-1-3-6-9/h4,7-9,12,15H,1-3,5-6H2. The summed E-state index contributed by atoms with van der Waals surface area (Å²) in [4.78, 5) is 3.93. The van der Waals surface area contributed by atoms with E-state index < -0.39 is 11.9 Å². The molecule has 0 saturated heterocycles. The molecular weight excluding hydrogens is 193 g/mol. The Hall–Kier alpha value is -0.960. The molecule has 1 aliphatic carbocycles. The van der Waals surface area contributed by atoms with E-state index in [-0.39, 0.29) is 11.6 Å². The van der Waals surface area contributed by atoms with E-state index >= 15 is 0 Å². The maximum atomic E-state index is 13.4. The van der Waals surface area contributed by atoms with Crippen LogP contribution in [0.3, 0.4) is 0 Å². The Labute approximate surface area is 89.2 Å². The first-order valence-corrected chi connectivity index (χ1v) is 5.57. The minimum Gasteiger partial charge on any atom is -0.386 e. The zero-order valence-corrected chi connectivity index (χ0v) is 8.69. The highest BCUT2D eigenvalue weighted by Gasteiger charge is 2.25. The van der Waals surface area contributed by atoms with Gasteiger partial charge in [0.15, 0.2) is 0 Å². The molecule has 2 nitrogen and oxygen atoms in total. The average Bonchev–Trinajstić information content (AvgIpc) is 2.30. The molecule has 1 N–H and O–H groups in total. The average molecular weight is 209 g/mol. The van der Waals surface area contributed by atoms with Gasteiger partial charge in [-0.25, -0.2) is 4.39 Å². The minimum atomic E-state index is -0.730. The third kappa shape index (κ3) is 2.34. The van der Waals surface area contributed by atoms with Crippen LogP contribution in [0.2, 0.25) is 0 Å². The number of hydrogen-bond acceptors (Lipinski definition) is 2. The molecule has 82 valence electrons. The Morgan fingerprint density at radius 2 is 2.07 bits per heavy atom. The van der Waals surface area contributed by atoms with Crippen LogP contribution in [0.4, 0.5) is 4.39 Å². The van der Waals surface area contributed by atoms with Crippen LogP contribution in [0.15, 0.2) is 18.3 Å². The molecule has 0 spiro atoms. The van der Waals surface area contributed by atoms with E-state index in [9.17, 15) is 9.50 Å².